The van der Waals surface area contributed by atoms with E-state index in [9.17, 15) is 4.79 Å². The van der Waals surface area contributed by atoms with Crippen molar-refractivity contribution in [1.29, 1.82) is 0 Å². The molecule has 0 saturated carbocycles. The standard InChI is InChI=1S/C17H22ClN5O/c1-3-6-23-13(2)15(12-20-23)17(24)22-9-7-21(8-10-22)16-5-4-14(18)11-19-16/h4-5,11-12H,3,6-10H2,1-2H3. The average Bonchev–Trinajstić information content (AvgIpc) is 2.96. The van der Waals surface area contributed by atoms with Crippen LogP contribution in [0.1, 0.15) is 29.4 Å². The lowest BCUT2D eigenvalue weighted by atomic mass is 10.2. The van der Waals surface area contributed by atoms with Crippen LogP contribution in [0.25, 0.3) is 0 Å². The minimum atomic E-state index is 0.0681. The zero-order chi connectivity index (χ0) is 17.1. The fourth-order valence-electron chi connectivity index (χ4n) is 2.96. The summed E-state index contributed by atoms with van der Waals surface area (Å²) in [6, 6.07) is 3.76. The first-order valence-corrected chi connectivity index (χ1v) is 8.66. The van der Waals surface area contributed by atoms with E-state index in [0.29, 0.717) is 23.7 Å². The molecule has 1 aliphatic rings. The third-order valence-corrected chi connectivity index (χ3v) is 4.60. The van der Waals surface area contributed by atoms with Gasteiger partial charge in [0.1, 0.15) is 5.82 Å². The van der Waals surface area contributed by atoms with Crippen molar-refractivity contribution in [1.82, 2.24) is 19.7 Å². The van der Waals surface area contributed by atoms with Crippen LogP contribution in [0, 0.1) is 6.92 Å². The Morgan fingerprint density at radius 3 is 2.58 bits per heavy atom. The van der Waals surface area contributed by atoms with Crippen molar-refractivity contribution >= 4 is 23.3 Å². The Morgan fingerprint density at radius 1 is 1.21 bits per heavy atom. The highest BCUT2D eigenvalue weighted by atomic mass is 35.5. The van der Waals surface area contributed by atoms with Gasteiger partial charge in [0.15, 0.2) is 0 Å². The number of carbonyl (C=O) groups excluding carboxylic acids is 1. The van der Waals surface area contributed by atoms with Crippen molar-refractivity contribution in [3.05, 3.63) is 40.8 Å². The van der Waals surface area contributed by atoms with Gasteiger partial charge in [-0.05, 0) is 25.5 Å². The summed E-state index contributed by atoms with van der Waals surface area (Å²) < 4.78 is 1.90. The molecule has 2 aromatic rings. The lowest BCUT2D eigenvalue weighted by Crippen LogP contribution is -2.49. The minimum absolute atomic E-state index is 0.0681. The molecule has 7 heteroatoms. The smallest absolute Gasteiger partial charge is 0.257 e. The van der Waals surface area contributed by atoms with Crippen LogP contribution in [-0.4, -0.2) is 51.8 Å². The molecule has 2 aromatic heterocycles. The van der Waals surface area contributed by atoms with Gasteiger partial charge in [0.25, 0.3) is 5.91 Å². The summed E-state index contributed by atoms with van der Waals surface area (Å²) in [6.07, 6.45) is 4.35. The predicted octanol–water partition coefficient (Wildman–Crippen LogP) is 2.61. The van der Waals surface area contributed by atoms with Gasteiger partial charge < -0.3 is 9.80 Å². The first-order chi connectivity index (χ1) is 11.6. The number of hydrogen-bond acceptors (Lipinski definition) is 4. The SMILES string of the molecule is CCCn1ncc(C(=O)N2CCN(c3ccc(Cl)cn3)CC2)c1C. The lowest BCUT2D eigenvalue weighted by Gasteiger charge is -2.35. The van der Waals surface area contributed by atoms with Crippen molar-refractivity contribution in [2.75, 3.05) is 31.1 Å². The van der Waals surface area contributed by atoms with Gasteiger partial charge in [0.2, 0.25) is 0 Å². The first kappa shape index (κ1) is 16.8. The van der Waals surface area contributed by atoms with E-state index in [1.165, 1.54) is 0 Å². The van der Waals surface area contributed by atoms with Crippen LogP contribution in [0.3, 0.4) is 0 Å². The van der Waals surface area contributed by atoms with Crippen molar-refractivity contribution in [3.63, 3.8) is 0 Å². The number of anilines is 1. The van der Waals surface area contributed by atoms with E-state index >= 15 is 0 Å². The zero-order valence-corrected chi connectivity index (χ0v) is 14.8. The van der Waals surface area contributed by atoms with E-state index in [2.05, 4.69) is 21.9 Å². The Labute approximate surface area is 147 Å². The van der Waals surface area contributed by atoms with E-state index in [4.69, 9.17) is 11.6 Å². The molecule has 1 fully saturated rings. The number of hydrogen-bond donors (Lipinski definition) is 0. The van der Waals surface area contributed by atoms with Crippen molar-refractivity contribution in [2.24, 2.45) is 0 Å². The summed E-state index contributed by atoms with van der Waals surface area (Å²) in [5.74, 6) is 0.969. The average molecular weight is 348 g/mol. The van der Waals surface area contributed by atoms with Gasteiger partial charge in [-0.2, -0.15) is 5.10 Å². The van der Waals surface area contributed by atoms with E-state index in [1.54, 1.807) is 12.4 Å². The summed E-state index contributed by atoms with van der Waals surface area (Å²) in [4.78, 5) is 21.2. The number of halogens is 1. The summed E-state index contributed by atoms with van der Waals surface area (Å²) in [5.41, 5.74) is 1.66. The second kappa shape index (κ2) is 7.21. The normalized spacial score (nSPS) is 15.0. The van der Waals surface area contributed by atoms with Crippen molar-refractivity contribution < 1.29 is 4.79 Å². The molecule has 0 spiro atoms. The molecule has 24 heavy (non-hydrogen) atoms. The van der Waals surface area contributed by atoms with Crippen LogP contribution in [0.5, 0.6) is 0 Å². The number of aromatic nitrogens is 3. The molecule has 1 amide bonds. The summed E-state index contributed by atoms with van der Waals surface area (Å²) in [7, 11) is 0. The maximum absolute atomic E-state index is 12.7. The van der Waals surface area contributed by atoms with Gasteiger partial charge in [-0.25, -0.2) is 4.98 Å². The molecule has 0 atom stereocenters. The first-order valence-electron chi connectivity index (χ1n) is 8.28. The molecule has 3 rings (SSSR count). The molecule has 0 unspecified atom stereocenters. The van der Waals surface area contributed by atoms with E-state index < -0.39 is 0 Å². The van der Waals surface area contributed by atoms with Crippen LogP contribution in [0.2, 0.25) is 5.02 Å². The highest BCUT2D eigenvalue weighted by Gasteiger charge is 2.25. The van der Waals surface area contributed by atoms with Crippen LogP contribution >= 0.6 is 11.6 Å². The van der Waals surface area contributed by atoms with Gasteiger partial charge in [0.05, 0.1) is 16.8 Å². The Hall–Kier alpha value is -2.08. The number of aryl methyl sites for hydroxylation is 1. The molecule has 0 aromatic carbocycles. The number of pyridine rings is 1. The highest BCUT2D eigenvalue weighted by molar-refractivity contribution is 6.30. The van der Waals surface area contributed by atoms with Gasteiger partial charge >= 0.3 is 0 Å². The van der Waals surface area contributed by atoms with Gasteiger partial charge in [-0.3, -0.25) is 9.48 Å². The van der Waals surface area contributed by atoms with Crippen LogP contribution < -0.4 is 4.90 Å². The number of nitrogens with zero attached hydrogens (tertiary/aromatic N) is 5. The number of carbonyl (C=O) groups is 1. The maximum atomic E-state index is 12.7. The molecular formula is C17H22ClN5O. The molecule has 1 aliphatic heterocycles. The summed E-state index contributed by atoms with van der Waals surface area (Å²) in [5, 5.41) is 4.96. The third kappa shape index (κ3) is 3.38. The van der Waals surface area contributed by atoms with E-state index in [0.717, 1.165) is 37.6 Å². The fraction of sp³-hybridized carbons (Fsp3) is 0.471. The Morgan fingerprint density at radius 2 is 1.96 bits per heavy atom. The number of amides is 1. The Bertz CT molecular complexity index is 704. The summed E-state index contributed by atoms with van der Waals surface area (Å²) in [6.45, 7) is 7.81. The molecule has 0 bridgehead atoms. The number of rotatable bonds is 4. The largest absolute Gasteiger partial charge is 0.353 e. The van der Waals surface area contributed by atoms with Crippen molar-refractivity contribution in [3.8, 4) is 0 Å². The number of piperazine rings is 1. The molecule has 0 radical (unpaired) electrons. The third-order valence-electron chi connectivity index (χ3n) is 4.37. The van der Waals surface area contributed by atoms with E-state index in [1.807, 2.05) is 28.6 Å². The molecule has 0 aliphatic carbocycles. The Balaban J connectivity index is 1.64. The minimum Gasteiger partial charge on any atom is -0.353 e. The second-order valence-corrected chi connectivity index (χ2v) is 6.42. The Kier molecular flexibility index (Phi) is 5.04. The van der Waals surface area contributed by atoms with Crippen LogP contribution in [0.4, 0.5) is 5.82 Å². The molecule has 128 valence electrons. The zero-order valence-electron chi connectivity index (χ0n) is 14.1. The van der Waals surface area contributed by atoms with Crippen LogP contribution in [-0.2, 0) is 6.54 Å². The van der Waals surface area contributed by atoms with Crippen molar-refractivity contribution in [2.45, 2.75) is 26.8 Å². The fourth-order valence-corrected chi connectivity index (χ4v) is 3.07. The van der Waals surface area contributed by atoms with Gasteiger partial charge in [-0.15, -0.1) is 0 Å². The molecule has 0 N–H and O–H groups in total. The van der Waals surface area contributed by atoms with Gasteiger partial charge in [0, 0.05) is 44.6 Å². The molecule has 3 heterocycles. The summed E-state index contributed by atoms with van der Waals surface area (Å²) >= 11 is 5.88. The predicted molar refractivity (Wildman–Crippen MR) is 94.6 cm³/mol. The van der Waals surface area contributed by atoms with Gasteiger partial charge in [-0.1, -0.05) is 18.5 Å². The monoisotopic (exact) mass is 347 g/mol. The topological polar surface area (TPSA) is 54.3 Å². The van der Waals surface area contributed by atoms with Crippen LogP contribution in [0.15, 0.2) is 24.5 Å². The van der Waals surface area contributed by atoms with E-state index in [-0.39, 0.29) is 5.91 Å². The second-order valence-electron chi connectivity index (χ2n) is 5.98. The molecule has 6 nitrogen and oxygen atoms in total. The molecule has 1 saturated heterocycles. The highest BCUT2D eigenvalue weighted by Crippen LogP contribution is 2.18. The quantitative estimate of drug-likeness (QED) is 0.853. The molecular weight excluding hydrogens is 326 g/mol. The maximum Gasteiger partial charge on any atom is 0.257 e. The lowest BCUT2D eigenvalue weighted by molar-refractivity contribution is 0.0745.